The molecule has 1 aromatic heterocycles. The van der Waals surface area contributed by atoms with Crippen molar-refractivity contribution in [1.82, 2.24) is 4.57 Å². The molecule has 2 aromatic carbocycles. The summed E-state index contributed by atoms with van der Waals surface area (Å²) in [6.07, 6.45) is 8.44. The third-order valence-electron chi connectivity index (χ3n) is 6.86. The Morgan fingerprint density at radius 3 is 2.44 bits per heavy atom. The van der Waals surface area contributed by atoms with Crippen molar-refractivity contribution in [2.24, 2.45) is 0 Å². The number of nitrogens with zero attached hydrogens (tertiary/aromatic N) is 1. The number of carbonyl (C=O) groups is 2. The molecule has 0 atom stereocenters. The maximum Gasteiger partial charge on any atom is 0.337 e. The molecule has 164 valence electrons. The highest BCUT2D eigenvalue weighted by atomic mass is 16.5. The zero-order chi connectivity index (χ0) is 22.2. The second kappa shape index (κ2) is 8.30. The fourth-order valence-corrected chi connectivity index (χ4v) is 5.36. The molecule has 32 heavy (non-hydrogen) atoms. The van der Waals surface area contributed by atoms with Crippen molar-refractivity contribution in [2.45, 2.75) is 44.4 Å². The Hall–Kier alpha value is -3.34. The molecule has 3 aromatic rings. The molecular weight excluding hydrogens is 402 g/mol. The zero-order valence-corrected chi connectivity index (χ0v) is 18.5. The van der Waals surface area contributed by atoms with Crippen LogP contribution in [0.15, 0.2) is 48.0 Å². The van der Waals surface area contributed by atoms with Gasteiger partial charge in [0.2, 0.25) is 0 Å². The van der Waals surface area contributed by atoms with Crippen LogP contribution in [0.5, 0.6) is 0 Å². The van der Waals surface area contributed by atoms with Gasteiger partial charge >= 0.3 is 11.9 Å². The van der Waals surface area contributed by atoms with E-state index in [2.05, 4.69) is 22.8 Å². The number of ether oxygens (including phenoxy) is 2. The molecule has 5 nitrogen and oxygen atoms in total. The minimum atomic E-state index is -0.368. The second-order valence-electron chi connectivity index (χ2n) is 8.67. The number of benzene rings is 2. The number of hydrogen-bond acceptors (Lipinski definition) is 4. The van der Waals surface area contributed by atoms with E-state index in [1.807, 2.05) is 30.5 Å². The van der Waals surface area contributed by atoms with Gasteiger partial charge in [-0.2, -0.15) is 0 Å². The molecule has 0 unspecified atom stereocenters. The molecule has 0 bridgehead atoms. The van der Waals surface area contributed by atoms with Crippen LogP contribution in [0.1, 0.15) is 59.5 Å². The lowest BCUT2D eigenvalue weighted by Gasteiger charge is -2.23. The third kappa shape index (κ3) is 3.32. The summed E-state index contributed by atoms with van der Waals surface area (Å²) in [7, 11) is 2.81. The Bertz CT molecular complexity index is 1240. The molecule has 0 saturated heterocycles. The summed E-state index contributed by atoms with van der Waals surface area (Å²) in [5.41, 5.74) is 6.71. The fourth-order valence-electron chi connectivity index (χ4n) is 5.36. The predicted octanol–water partition coefficient (Wildman–Crippen LogP) is 5.71. The normalized spacial score (nSPS) is 16.0. The summed E-state index contributed by atoms with van der Waals surface area (Å²) in [6, 6.07) is 14.1. The number of rotatable bonds is 3. The first-order chi connectivity index (χ1) is 15.6. The zero-order valence-electron chi connectivity index (χ0n) is 18.5. The van der Waals surface area contributed by atoms with E-state index in [0.29, 0.717) is 23.5 Å². The number of fused-ring (bicyclic) bond motifs is 5. The molecule has 5 rings (SSSR count). The quantitative estimate of drug-likeness (QED) is 0.500. The Morgan fingerprint density at radius 1 is 0.938 bits per heavy atom. The average molecular weight is 430 g/mol. The van der Waals surface area contributed by atoms with E-state index in [1.165, 1.54) is 39.0 Å². The highest BCUT2D eigenvalue weighted by molar-refractivity contribution is 6.02. The summed E-state index contributed by atoms with van der Waals surface area (Å²) in [4.78, 5) is 24.9. The van der Waals surface area contributed by atoms with Crippen LogP contribution in [-0.4, -0.2) is 30.7 Å². The van der Waals surface area contributed by atoms with Crippen molar-refractivity contribution in [3.8, 4) is 11.3 Å². The van der Waals surface area contributed by atoms with Gasteiger partial charge in [-0.05, 0) is 42.0 Å². The van der Waals surface area contributed by atoms with Crippen LogP contribution in [0.3, 0.4) is 0 Å². The van der Waals surface area contributed by atoms with Gasteiger partial charge in [-0.1, -0.05) is 49.6 Å². The van der Waals surface area contributed by atoms with Crippen molar-refractivity contribution < 1.29 is 19.1 Å². The summed E-state index contributed by atoms with van der Waals surface area (Å²) < 4.78 is 12.2. The number of esters is 2. The molecule has 1 aliphatic carbocycles. The first-order valence-electron chi connectivity index (χ1n) is 11.3. The van der Waals surface area contributed by atoms with Crippen LogP contribution in [0.2, 0.25) is 0 Å². The van der Waals surface area contributed by atoms with Crippen LogP contribution in [-0.2, 0) is 20.7 Å². The molecule has 0 amide bonds. The lowest BCUT2D eigenvalue weighted by atomic mass is 9.81. The molecule has 2 heterocycles. The predicted molar refractivity (Wildman–Crippen MR) is 125 cm³/mol. The van der Waals surface area contributed by atoms with Gasteiger partial charge in [0.15, 0.2) is 0 Å². The molecular formula is C27H27NO4. The van der Waals surface area contributed by atoms with Gasteiger partial charge in [-0.25, -0.2) is 9.59 Å². The van der Waals surface area contributed by atoms with E-state index in [9.17, 15) is 9.59 Å². The Labute approximate surface area is 187 Å². The van der Waals surface area contributed by atoms with E-state index < -0.39 is 0 Å². The standard InChI is InChI=1S/C27H27NO4/c1-31-26(29)19-12-13-22-23(15-19)28-16-20(27(30)32-2)14-18-10-6-7-11-21(18)25(28)24(22)17-8-4-3-5-9-17/h6-7,10-13,15-17H,3-5,8-9,14H2,1-2H3. The van der Waals surface area contributed by atoms with Crippen molar-refractivity contribution in [2.75, 3.05) is 14.2 Å². The highest BCUT2D eigenvalue weighted by Crippen LogP contribution is 2.46. The first kappa shape index (κ1) is 20.6. The van der Waals surface area contributed by atoms with Crippen molar-refractivity contribution >= 4 is 29.0 Å². The molecule has 5 heteroatoms. The number of methoxy groups -OCH3 is 2. The molecule has 1 saturated carbocycles. The van der Waals surface area contributed by atoms with Crippen LogP contribution < -0.4 is 0 Å². The number of aromatic nitrogens is 1. The summed E-state index contributed by atoms with van der Waals surface area (Å²) in [6.45, 7) is 0. The lowest BCUT2D eigenvalue weighted by Crippen LogP contribution is -2.07. The van der Waals surface area contributed by atoms with E-state index in [4.69, 9.17) is 9.47 Å². The van der Waals surface area contributed by atoms with Crippen LogP contribution in [0.4, 0.5) is 0 Å². The molecule has 0 radical (unpaired) electrons. The van der Waals surface area contributed by atoms with E-state index in [-0.39, 0.29) is 11.9 Å². The smallest absolute Gasteiger partial charge is 0.337 e. The summed E-state index contributed by atoms with van der Waals surface area (Å²) in [5, 5.41) is 1.14. The Morgan fingerprint density at radius 2 is 1.69 bits per heavy atom. The largest absolute Gasteiger partial charge is 0.466 e. The summed E-state index contributed by atoms with van der Waals surface area (Å²) >= 11 is 0. The maximum atomic E-state index is 12.6. The average Bonchev–Trinajstić information content (AvgIpc) is 3.05. The molecule has 1 aliphatic heterocycles. The van der Waals surface area contributed by atoms with Gasteiger partial charge in [-0.3, -0.25) is 0 Å². The number of carbonyl (C=O) groups excluding carboxylic acids is 2. The van der Waals surface area contributed by atoms with Gasteiger partial charge in [0.1, 0.15) is 0 Å². The second-order valence-corrected chi connectivity index (χ2v) is 8.67. The maximum absolute atomic E-state index is 12.6. The highest BCUT2D eigenvalue weighted by Gasteiger charge is 2.30. The third-order valence-corrected chi connectivity index (χ3v) is 6.86. The molecule has 0 spiro atoms. The van der Waals surface area contributed by atoms with Crippen LogP contribution in [0.25, 0.3) is 28.4 Å². The lowest BCUT2D eigenvalue weighted by molar-refractivity contribution is -0.136. The minimum absolute atomic E-state index is 0.335. The fraction of sp³-hybridized carbons (Fsp3) is 0.333. The van der Waals surface area contributed by atoms with Gasteiger partial charge in [0.05, 0.1) is 36.6 Å². The van der Waals surface area contributed by atoms with Crippen LogP contribution in [0, 0.1) is 0 Å². The minimum Gasteiger partial charge on any atom is -0.466 e. The van der Waals surface area contributed by atoms with E-state index >= 15 is 0 Å². The first-order valence-corrected chi connectivity index (χ1v) is 11.3. The van der Waals surface area contributed by atoms with Gasteiger partial charge in [0, 0.05) is 23.6 Å². The Balaban J connectivity index is 1.87. The Kier molecular flexibility index (Phi) is 5.33. The topological polar surface area (TPSA) is 57.5 Å². The molecule has 1 fully saturated rings. The summed E-state index contributed by atoms with van der Waals surface area (Å²) in [5.74, 6) is -0.252. The van der Waals surface area contributed by atoms with Gasteiger partial charge in [0.25, 0.3) is 0 Å². The molecule has 0 N–H and O–H groups in total. The monoisotopic (exact) mass is 429 g/mol. The van der Waals surface area contributed by atoms with Crippen molar-refractivity contribution in [3.63, 3.8) is 0 Å². The van der Waals surface area contributed by atoms with Gasteiger partial charge in [-0.15, -0.1) is 0 Å². The van der Waals surface area contributed by atoms with Crippen molar-refractivity contribution in [3.05, 3.63) is 64.7 Å². The number of hydrogen-bond donors (Lipinski definition) is 0. The van der Waals surface area contributed by atoms with Gasteiger partial charge < -0.3 is 14.0 Å². The SMILES string of the molecule is COC(=O)C1=Cn2c(c(C3CCCCC3)c3ccc(C(=O)OC)cc32)-c2ccccc2C1. The molecule has 2 aliphatic rings. The van der Waals surface area contributed by atoms with E-state index in [1.54, 1.807) is 0 Å². The van der Waals surface area contributed by atoms with Crippen LogP contribution >= 0.6 is 0 Å². The van der Waals surface area contributed by atoms with E-state index in [0.717, 1.165) is 40.6 Å². The van der Waals surface area contributed by atoms with Crippen molar-refractivity contribution in [1.29, 1.82) is 0 Å².